The second-order valence-electron chi connectivity index (χ2n) is 6.31. The summed E-state index contributed by atoms with van der Waals surface area (Å²) in [5.41, 5.74) is 1.59. The number of ether oxygens (including phenoxy) is 2. The number of carboxylic acids is 1. The van der Waals surface area contributed by atoms with E-state index in [1.165, 1.54) is 0 Å². The van der Waals surface area contributed by atoms with Gasteiger partial charge in [0.2, 0.25) is 5.91 Å². The van der Waals surface area contributed by atoms with E-state index in [9.17, 15) is 14.7 Å². The van der Waals surface area contributed by atoms with Gasteiger partial charge in [0, 0.05) is 6.54 Å². The van der Waals surface area contributed by atoms with Gasteiger partial charge in [-0.1, -0.05) is 41.9 Å². The van der Waals surface area contributed by atoms with Crippen molar-refractivity contribution >= 4 is 23.5 Å². The van der Waals surface area contributed by atoms with E-state index < -0.39 is 11.9 Å². The zero-order valence-corrected chi connectivity index (χ0v) is 15.4. The Balaban J connectivity index is 1.58. The van der Waals surface area contributed by atoms with Gasteiger partial charge in [-0.2, -0.15) is 0 Å². The van der Waals surface area contributed by atoms with Crippen LogP contribution in [0.25, 0.3) is 0 Å². The van der Waals surface area contributed by atoms with Crippen LogP contribution in [-0.4, -0.2) is 36.7 Å². The van der Waals surface area contributed by atoms with Gasteiger partial charge in [0.15, 0.2) is 11.5 Å². The highest BCUT2D eigenvalue weighted by molar-refractivity contribution is 6.32. The number of halogens is 1. The first-order valence-electron chi connectivity index (χ1n) is 8.64. The molecule has 3 rings (SSSR count). The van der Waals surface area contributed by atoms with Gasteiger partial charge in [0.25, 0.3) is 0 Å². The number of carbonyl (C=O) groups excluding carboxylic acids is 1. The Morgan fingerprint density at radius 2 is 1.85 bits per heavy atom. The van der Waals surface area contributed by atoms with Crippen molar-refractivity contribution in [2.75, 3.05) is 19.8 Å². The Bertz CT molecular complexity index is 825. The average Bonchev–Trinajstić information content (AvgIpc) is 2.66. The first-order chi connectivity index (χ1) is 13.0. The zero-order valence-electron chi connectivity index (χ0n) is 14.6. The van der Waals surface area contributed by atoms with E-state index >= 15 is 0 Å². The molecular formula is C20H20ClNO5. The van der Waals surface area contributed by atoms with Crippen molar-refractivity contribution in [3.8, 4) is 11.5 Å². The number of benzene rings is 2. The number of amides is 1. The van der Waals surface area contributed by atoms with Gasteiger partial charge in [-0.25, -0.2) is 0 Å². The number of rotatable bonds is 7. The molecule has 1 heterocycles. The Hall–Kier alpha value is -2.73. The SMILES string of the molecule is O=C(Cc1cc(Cl)c2c(c1)OCCO2)NCC(Cc1ccccc1)C(=O)O. The lowest BCUT2D eigenvalue weighted by Gasteiger charge is -2.20. The van der Waals surface area contributed by atoms with Crippen LogP contribution in [0.5, 0.6) is 11.5 Å². The van der Waals surface area contributed by atoms with Crippen LogP contribution in [0.3, 0.4) is 0 Å². The van der Waals surface area contributed by atoms with Crippen molar-refractivity contribution in [1.29, 1.82) is 0 Å². The Kier molecular flexibility index (Phi) is 6.19. The van der Waals surface area contributed by atoms with Crippen LogP contribution in [0.15, 0.2) is 42.5 Å². The maximum Gasteiger partial charge on any atom is 0.308 e. The Morgan fingerprint density at radius 3 is 2.59 bits per heavy atom. The minimum Gasteiger partial charge on any atom is -0.486 e. The van der Waals surface area contributed by atoms with Crippen LogP contribution < -0.4 is 14.8 Å². The molecule has 1 unspecified atom stereocenters. The fraction of sp³-hybridized carbons (Fsp3) is 0.300. The van der Waals surface area contributed by atoms with Crippen LogP contribution >= 0.6 is 11.6 Å². The number of aliphatic carboxylic acids is 1. The van der Waals surface area contributed by atoms with E-state index in [-0.39, 0.29) is 18.9 Å². The van der Waals surface area contributed by atoms with Crippen LogP contribution in [-0.2, 0) is 22.4 Å². The van der Waals surface area contributed by atoms with Gasteiger partial charge in [-0.3, -0.25) is 9.59 Å². The lowest BCUT2D eigenvalue weighted by atomic mass is 9.99. The topological polar surface area (TPSA) is 84.9 Å². The van der Waals surface area contributed by atoms with Crippen LogP contribution in [0.4, 0.5) is 0 Å². The maximum atomic E-state index is 12.3. The van der Waals surface area contributed by atoms with Crippen molar-refractivity contribution < 1.29 is 24.2 Å². The molecule has 0 spiro atoms. The quantitative estimate of drug-likeness (QED) is 0.760. The lowest BCUT2D eigenvalue weighted by molar-refractivity contribution is -0.141. The third-order valence-electron chi connectivity index (χ3n) is 4.24. The molecule has 2 aromatic carbocycles. The van der Waals surface area contributed by atoms with Crippen molar-refractivity contribution in [2.45, 2.75) is 12.8 Å². The zero-order chi connectivity index (χ0) is 19.2. The van der Waals surface area contributed by atoms with Gasteiger partial charge in [-0.05, 0) is 29.7 Å². The molecular weight excluding hydrogens is 370 g/mol. The number of hydrogen-bond donors (Lipinski definition) is 2. The minimum absolute atomic E-state index is 0.0569. The second kappa shape index (κ2) is 8.77. The third-order valence-corrected chi connectivity index (χ3v) is 4.52. The van der Waals surface area contributed by atoms with Crippen molar-refractivity contribution in [2.24, 2.45) is 5.92 Å². The molecule has 0 aliphatic carbocycles. The highest BCUT2D eigenvalue weighted by atomic mass is 35.5. The lowest BCUT2D eigenvalue weighted by Crippen LogP contribution is -2.34. The number of hydrogen-bond acceptors (Lipinski definition) is 4. The monoisotopic (exact) mass is 389 g/mol. The summed E-state index contributed by atoms with van der Waals surface area (Å²) < 4.78 is 11.0. The average molecular weight is 390 g/mol. The van der Waals surface area contributed by atoms with E-state index in [0.717, 1.165) is 5.56 Å². The van der Waals surface area contributed by atoms with Crippen molar-refractivity contribution in [3.63, 3.8) is 0 Å². The van der Waals surface area contributed by atoms with E-state index in [1.54, 1.807) is 12.1 Å². The van der Waals surface area contributed by atoms with E-state index in [2.05, 4.69) is 5.32 Å². The number of carbonyl (C=O) groups is 2. The summed E-state index contributed by atoms with van der Waals surface area (Å²) in [4.78, 5) is 23.7. The molecule has 0 fully saturated rings. The first-order valence-corrected chi connectivity index (χ1v) is 9.02. The standard InChI is InChI=1S/C20H20ClNO5/c21-16-9-14(10-17-19(16)27-7-6-26-17)11-18(23)22-12-15(20(24)25)8-13-4-2-1-3-5-13/h1-5,9-10,15H,6-8,11-12H2,(H,22,23)(H,24,25). The summed E-state index contributed by atoms with van der Waals surface area (Å²) in [5.74, 6) is -0.909. The van der Waals surface area contributed by atoms with Crippen molar-refractivity contribution in [1.82, 2.24) is 5.32 Å². The smallest absolute Gasteiger partial charge is 0.308 e. The molecule has 6 nitrogen and oxygen atoms in total. The normalized spacial score (nSPS) is 13.7. The van der Waals surface area contributed by atoms with Gasteiger partial charge in [0.1, 0.15) is 13.2 Å². The summed E-state index contributed by atoms with van der Waals surface area (Å²) >= 11 is 6.18. The third kappa shape index (κ3) is 5.14. The molecule has 2 N–H and O–H groups in total. The summed E-state index contributed by atoms with van der Waals surface area (Å²) in [5, 5.41) is 12.5. The summed E-state index contributed by atoms with van der Waals surface area (Å²) in [7, 11) is 0. The molecule has 0 radical (unpaired) electrons. The fourth-order valence-electron chi connectivity index (χ4n) is 2.90. The number of fused-ring (bicyclic) bond motifs is 1. The van der Waals surface area contributed by atoms with E-state index in [1.807, 2.05) is 30.3 Å². The predicted octanol–water partition coefficient (Wildman–Crippen LogP) is 2.71. The fourth-order valence-corrected chi connectivity index (χ4v) is 3.18. The van der Waals surface area contributed by atoms with Crippen LogP contribution in [0.2, 0.25) is 5.02 Å². The predicted molar refractivity (Wildman–Crippen MR) is 100 cm³/mol. The van der Waals surface area contributed by atoms with Gasteiger partial charge in [0.05, 0.1) is 17.4 Å². The van der Waals surface area contributed by atoms with Gasteiger partial charge < -0.3 is 19.9 Å². The van der Waals surface area contributed by atoms with Crippen LogP contribution in [0, 0.1) is 5.92 Å². The molecule has 1 atom stereocenters. The molecule has 2 aromatic rings. The molecule has 1 aliphatic rings. The van der Waals surface area contributed by atoms with E-state index in [4.69, 9.17) is 21.1 Å². The number of nitrogens with one attached hydrogen (secondary N) is 1. The molecule has 7 heteroatoms. The number of carboxylic acid groups (broad SMARTS) is 1. The van der Waals surface area contributed by atoms with Gasteiger partial charge in [-0.15, -0.1) is 0 Å². The Morgan fingerprint density at radius 1 is 1.11 bits per heavy atom. The highest BCUT2D eigenvalue weighted by Gasteiger charge is 2.20. The molecule has 0 saturated heterocycles. The van der Waals surface area contributed by atoms with Gasteiger partial charge >= 0.3 is 5.97 Å². The first kappa shape index (κ1) is 19.0. The highest BCUT2D eigenvalue weighted by Crippen LogP contribution is 2.38. The van der Waals surface area contributed by atoms with Crippen LogP contribution in [0.1, 0.15) is 11.1 Å². The molecule has 0 aromatic heterocycles. The molecule has 1 amide bonds. The summed E-state index contributed by atoms with van der Waals surface area (Å²) in [6.07, 6.45) is 0.431. The Labute approximate surface area is 162 Å². The maximum absolute atomic E-state index is 12.3. The van der Waals surface area contributed by atoms with Crippen molar-refractivity contribution in [3.05, 3.63) is 58.6 Å². The summed E-state index contributed by atoms with van der Waals surface area (Å²) in [6.45, 7) is 0.921. The molecule has 0 saturated carbocycles. The molecule has 142 valence electrons. The van der Waals surface area contributed by atoms with E-state index in [0.29, 0.717) is 41.7 Å². The molecule has 1 aliphatic heterocycles. The minimum atomic E-state index is -0.943. The summed E-state index contributed by atoms with van der Waals surface area (Å²) in [6, 6.07) is 12.7. The molecule has 0 bridgehead atoms. The second-order valence-corrected chi connectivity index (χ2v) is 6.71. The largest absolute Gasteiger partial charge is 0.486 e. The molecule has 27 heavy (non-hydrogen) atoms.